The van der Waals surface area contributed by atoms with E-state index in [4.69, 9.17) is 15.2 Å². The lowest BCUT2D eigenvalue weighted by molar-refractivity contribution is -0.151. The number of hydrogen-bond donors (Lipinski definition) is 1. The van der Waals surface area contributed by atoms with Crippen LogP contribution in [0.2, 0.25) is 0 Å². The third kappa shape index (κ3) is 4.77. The molecule has 9 heteroatoms. The van der Waals surface area contributed by atoms with Crippen molar-refractivity contribution in [2.75, 3.05) is 6.61 Å². The van der Waals surface area contributed by atoms with Gasteiger partial charge in [-0.05, 0) is 36.8 Å². The second-order valence-corrected chi connectivity index (χ2v) is 8.49. The molecule has 0 saturated carbocycles. The lowest BCUT2D eigenvalue weighted by Crippen LogP contribution is -2.25. The Labute approximate surface area is 182 Å². The van der Waals surface area contributed by atoms with Crippen LogP contribution in [0.15, 0.2) is 41.5 Å². The number of esters is 1. The van der Waals surface area contributed by atoms with Crippen LogP contribution in [-0.2, 0) is 33.7 Å². The summed E-state index contributed by atoms with van der Waals surface area (Å²) < 4.78 is 11.8. The number of aryl methyl sites for hydroxylation is 3. The van der Waals surface area contributed by atoms with Crippen LogP contribution in [0.25, 0.3) is 10.2 Å². The van der Waals surface area contributed by atoms with E-state index < -0.39 is 18.2 Å². The predicted molar refractivity (Wildman–Crippen MR) is 116 cm³/mol. The van der Waals surface area contributed by atoms with Gasteiger partial charge in [0, 0.05) is 11.4 Å². The van der Waals surface area contributed by atoms with E-state index in [0.717, 1.165) is 36.1 Å². The van der Waals surface area contributed by atoms with Crippen molar-refractivity contribution < 1.29 is 19.1 Å². The Hall–Kier alpha value is -3.20. The maximum Gasteiger partial charge on any atom is 0.404 e. The molecule has 4 rings (SSSR count). The van der Waals surface area contributed by atoms with E-state index in [1.54, 1.807) is 35.6 Å². The highest BCUT2D eigenvalue weighted by atomic mass is 32.1. The molecule has 8 nitrogen and oxygen atoms in total. The average molecular weight is 442 g/mol. The van der Waals surface area contributed by atoms with Gasteiger partial charge in [0.15, 0.2) is 6.10 Å². The first kappa shape index (κ1) is 21.0. The van der Waals surface area contributed by atoms with Gasteiger partial charge < -0.3 is 15.2 Å². The molecule has 0 bridgehead atoms. The number of hydrogen-bond acceptors (Lipinski definition) is 7. The smallest absolute Gasteiger partial charge is 0.404 e. The second-order valence-electron chi connectivity index (χ2n) is 7.40. The Morgan fingerprint density at radius 2 is 1.97 bits per heavy atom. The van der Waals surface area contributed by atoms with Crippen molar-refractivity contribution in [1.29, 1.82) is 0 Å². The number of thiophene rings is 1. The van der Waals surface area contributed by atoms with E-state index in [0.29, 0.717) is 10.9 Å². The molecule has 0 radical (unpaired) electrons. The molecular weight excluding hydrogens is 418 g/mol. The summed E-state index contributed by atoms with van der Waals surface area (Å²) in [5.74, 6) is -0.513. The van der Waals surface area contributed by atoms with Crippen LogP contribution in [-0.4, -0.2) is 28.2 Å². The zero-order valence-corrected chi connectivity index (χ0v) is 17.7. The molecular formula is C22H23N3O5S. The molecule has 1 aliphatic carbocycles. The number of benzene rings is 1. The molecule has 3 aromatic rings. The molecule has 1 unspecified atom stereocenters. The third-order valence-electron chi connectivity index (χ3n) is 5.32. The maximum absolute atomic E-state index is 13.0. The highest BCUT2D eigenvalue weighted by Gasteiger charge is 2.21. The molecule has 1 aromatic carbocycles. The number of carbonyl (C=O) groups is 2. The standard InChI is InChI=1S/C22H23N3O5S/c23-22(28)29-12-16(14-6-2-1-3-7-14)30-18(26)10-11-25-13-24-20-19(21(25)27)15-8-4-5-9-17(15)31-20/h1-3,6-7,13,16H,4-5,8-12H2,(H2,23,28). The first-order valence-corrected chi connectivity index (χ1v) is 11.0. The molecule has 1 atom stereocenters. The van der Waals surface area contributed by atoms with Gasteiger partial charge in [0.1, 0.15) is 11.4 Å². The van der Waals surface area contributed by atoms with Crippen LogP contribution in [0.4, 0.5) is 4.79 Å². The van der Waals surface area contributed by atoms with Crippen LogP contribution < -0.4 is 11.3 Å². The molecule has 31 heavy (non-hydrogen) atoms. The second kappa shape index (κ2) is 9.30. The molecule has 0 fully saturated rings. The zero-order valence-electron chi connectivity index (χ0n) is 16.9. The van der Waals surface area contributed by atoms with Crippen molar-refractivity contribution in [2.24, 2.45) is 5.73 Å². The summed E-state index contributed by atoms with van der Waals surface area (Å²) in [6.07, 6.45) is 3.87. The van der Waals surface area contributed by atoms with Crippen LogP contribution in [0.5, 0.6) is 0 Å². The number of rotatable bonds is 7. The van der Waals surface area contributed by atoms with Crippen molar-refractivity contribution in [1.82, 2.24) is 9.55 Å². The molecule has 162 valence electrons. The van der Waals surface area contributed by atoms with Crippen molar-refractivity contribution in [3.05, 3.63) is 63.0 Å². The Kier molecular flexibility index (Phi) is 6.31. The summed E-state index contributed by atoms with van der Waals surface area (Å²) in [6.45, 7) is -0.0248. The fourth-order valence-electron chi connectivity index (χ4n) is 3.79. The van der Waals surface area contributed by atoms with E-state index in [2.05, 4.69) is 4.98 Å². The van der Waals surface area contributed by atoms with E-state index in [1.807, 2.05) is 6.07 Å². The Morgan fingerprint density at radius 1 is 1.19 bits per heavy atom. The van der Waals surface area contributed by atoms with Crippen LogP contribution in [0, 0.1) is 0 Å². The molecule has 0 aliphatic heterocycles. The van der Waals surface area contributed by atoms with Crippen LogP contribution in [0.3, 0.4) is 0 Å². The summed E-state index contributed by atoms with van der Waals surface area (Å²) in [5, 5.41) is 0.688. The van der Waals surface area contributed by atoms with Gasteiger partial charge in [-0.25, -0.2) is 9.78 Å². The number of nitrogens with zero attached hydrogens (tertiary/aromatic N) is 2. The highest BCUT2D eigenvalue weighted by Crippen LogP contribution is 2.33. The average Bonchev–Trinajstić information content (AvgIpc) is 3.16. The minimum absolute atomic E-state index is 0.0146. The fraction of sp³-hybridized carbons (Fsp3) is 0.364. The molecule has 1 amide bonds. The summed E-state index contributed by atoms with van der Waals surface area (Å²) >= 11 is 1.59. The monoisotopic (exact) mass is 441 g/mol. The summed E-state index contributed by atoms with van der Waals surface area (Å²) in [4.78, 5) is 42.9. The quantitative estimate of drug-likeness (QED) is 0.564. The molecule has 1 aliphatic rings. The molecule has 2 N–H and O–H groups in total. The Bertz CT molecular complexity index is 1160. The van der Waals surface area contributed by atoms with Crippen molar-refractivity contribution in [3.8, 4) is 0 Å². The number of amides is 1. The third-order valence-corrected chi connectivity index (χ3v) is 6.52. The van der Waals surface area contributed by atoms with Crippen LogP contribution >= 0.6 is 11.3 Å². The maximum atomic E-state index is 13.0. The molecule has 0 saturated heterocycles. The van der Waals surface area contributed by atoms with Crippen molar-refractivity contribution >= 4 is 33.6 Å². The van der Waals surface area contributed by atoms with E-state index in [1.165, 1.54) is 15.8 Å². The summed E-state index contributed by atoms with van der Waals surface area (Å²) in [6, 6.07) is 8.95. The van der Waals surface area contributed by atoms with E-state index in [9.17, 15) is 14.4 Å². The first-order valence-electron chi connectivity index (χ1n) is 10.2. The minimum Gasteiger partial charge on any atom is -0.454 e. The summed E-state index contributed by atoms with van der Waals surface area (Å²) in [7, 11) is 0. The van der Waals surface area contributed by atoms with Gasteiger partial charge in [-0.1, -0.05) is 30.3 Å². The number of nitrogens with two attached hydrogens (primary N) is 1. The van der Waals surface area contributed by atoms with Gasteiger partial charge in [-0.2, -0.15) is 0 Å². The van der Waals surface area contributed by atoms with Crippen molar-refractivity contribution in [2.45, 2.75) is 44.8 Å². The number of fused-ring (bicyclic) bond motifs is 3. The number of carbonyl (C=O) groups excluding carboxylic acids is 2. The number of ether oxygens (including phenoxy) is 2. The first-order chi connectivity index (χ1) is 15.0. The SMILES string of the molecule is NC(=O)OCC(OC(=O)CCn1cnc2sc3c(c2c1=O)CCCC3)c1ccccc1. The minimum atomic E-state index is -0.943. The number of aromatic nitrogens is 2. The fourth-order valence-corrected chi connectivity index (χ4v) is 5.01. The highest BCUT2D eigenvalue weighted by molar-refractivity contribution is 7.18. The predicted octanol–water partition coefficient (Wildman–Crippen LogP) is 3.11. The molecule has 2 aromatic heterocycles. The lowest BCUT2D eigenvalue weighted by Gasteiger charge is -2.18. The van der Waals surface area contributed by atoms with Gasteiger partial charge in [-0.15, -0.1) is 11.3 Å². The molecule has 2 heterocycles. The van der Waals surface area contributed by atoms with Gasteiger partial charge >= 0.3 is 12.1 Å². The Morgan fingerprint density at radius 3 is 2.74 bits per heavy atom. The van der Waals surface area contributed by atoms with E-state index >= 15 is 0 Å². The van der Waals surface area contributed by atoms with Gasteiger partial charge in [-0.3, -0.25) is 14.2 Å². The van der Waals surface area contributed by atoms with Gasteiger partial charge in [0.05, 0.1) is 18.1 Å². The van der Waals surface area contributed by atoms with Crippen molar-refractivity contribution in [3.63, 3.8) is 0 Å². The van der Waals surface area contributed by atoms with Crippen LogP contribution in [0.1, 0.15) is 41.4 Å². The molecule has 0 spiro atoms. The largest absolute Gasteiger partial charge is 0.454 e. The van der Waals surface area contributed by atoms with Gasteiger partial charge in [0.25, 0.3) is 5.56 Å². The summed E-state index contributed by atoms with van der Waals surface area (Å²) in [5.41, 5.74) is 6.72. The van der Waals surface area contributed by atoms with E-state index in [-0.39, 0.29) is 25.1 Å². The Balaban J connectivity index is 1.46. The lowest BCUT2D eigenvalue weighted by atomic mass is 9.97. The van der Waals surface area contributed by atoms with Gasteiger partial charge in [0.2, 0.25) is 0 Å². The zero-order chi connectivity index (χ0) is 21.8. The normalized spacial score (nSPS) is 14.1. The number of primary amides is 1. The topological polar surface area (TPSA) is 114 Å².